The molecular formula is C17H24N2O4. The van der Waals surface area contributed by atoms with Crippen LogP contribution in [0, 0.1) is 0 Å². The molecule has 1 aromatic rings. The van der Waals surface area contributed by atoms with Gasteiger partial charge in [0.25, 0.3) is 0 Å². The van der Waals surface area contributed by atoms with Gasteiger partial charge in [-0.2, -0.15) is 0 Å². The third-order valence-electron chi connectivity index (χ3n) is 4.26. The van der Waals surface area contributed by atoms with Gasteiger partial charge in [0, 0.05) is 23.8 Å². The quantitative estimate of drug-likeness (QED) is 0.869. The van der Waals surface area contributed by atoms with Gasteiger partial charge in [0.2, 0.25) is 0 Å². The van der Waals surface area contributed by atoms with Crippen molar-refractivity contribution in [3.63, 3.8) is 0 Å². The number of ether oxygens (including phenoxy) is 2. The highest BCUT2D eigenvalue weighted by atomic mass is 16.5. The average molecular weight is 320 g/mol. The zero-order valence-electron chi connectivity index (χ0n) is 14.1. The summed E-state index contributed by atoms with van der Waals surface area (Å²) in [7, 11) is 3.06. The van der Waals surface area contributed by atoms with Crippen LogP contribution in [0.2, 0.25) is 0 Å². The summed E-state index contributed by atoms with van der Waals surface area (Å²) < 4.78 is 10.4. The van der Waals surface area contributed by atoms with Gasteiger partial charge in [-0.25, -0.2) is 0 Å². The molecule has 0 aliphatic carbocycles. The van der Waals surface area contributed by atoms with E-state index in [2.05, 4.69) is 5.32 Å². The number of hydrogen-bond acceptors (Lipinski definition) is 4. The van der Waals surface area contributed by atoms with E-state index in [-0.39, 0.29) is 12.1 Å². The first kappa shape index (κ1) is 17.1. The van der Waals surface area contributed by atoms with Crippen LogP contribution in [0.1, 0.15) is 33.1 Å². The number of likely N-dealkylation sites (tertiary alicyclic amines) is 1. The van der Waals surface area contributed by atoms with E-state index in [9.17, 15) is 9.59 Å². The molecule has 1 fully saturated rings. The molecule has 0 spiro atoms. The molecule has 126 valence electrons. The van der Waals surface area contributed by atoms with Crippen LogP contribution in [0.4, 0.5) is 5.69 Å². The second-order valence-electron chi connectivity index (χ2n) is 5.87. The predicted molar refractivity (Wildman–Crippen MR) is 87.8 cm³/mol. The molecule has 1 heterocycles. The van der Waals surface area contributed by atoms with E-state index in [0.29, 0.717) is 17.2 Å². The van der Waals surface area contributed by atoms with E-state index < -0.39 is 11.8 Å². The fourth-order valence-corrected chi connectivity index (χ4v) is 3.04. The highest BCUT2D eigenvalue weighted by molar-refractivity contribution is 6.39. The van der Waals surface area contributed by atoms with Crippen molar-refractivity contribution in [1.29, 1.82) is 0 Å². The van der Waals surface area contributed by atoms with E-state index in [1.165, 1.54) is 7.11 Å². The number of benzene rings is 1. The molecule has 2 amide bonds. The fraction of sp³-hybridized carbons (Fsp3) is 0.529. The number of carbonyl (C=O) groups excluding carboxylic acids is 2. The summed E-state index contributed by atoms with van der Waals surface area (Å²) in [5.74, 6) is -0.0511. The molecule has 1 aromatic carbocycles. The number of hydrogen-bond donors (Lipinski definition) is 1. The lowest BCUT2D eigenvalue weighted by Crippen LogP contribution is -2.51. The Morgan fingerprint density at radius 3 is 2.26 bits per heavy atom. The lowest BCUT2D eigenvalue weighted by molar-refractivity contribution is -0.147. The minimum Gasteiger partial charge on any atom is -0.493 e. The highest BCUT2D eigenvalue weighted by Gasteiger charge is 2.32. The highest BCUT2D eigenvalue weighted by Crippen LogP contribution is 2.30. The lowest BCUT2D eigenvalue weighted by atomic mass is 9.97. The zero-order chi connectivity index (χ0) is 17.0. The van der Waals surface area contributed by atoms with Crippen LogP contribution >= 0.6 is 0 Å². The second-order valence-corrected chi connectivity index (χ2v) is 5.87. The molecule has 0 bridgehead atoms. The summed E-state index contributed by atoms with van der Waals surface area (Å²) >= 11 is 0. The smallest absolute Gasteiger partial charge is 0.313 e. The van der Waals surface area contributed by atoms with E-state index in [1.54, 1.807) is 30.2 Å². The first-order valence-electron chi connectivity index (χ1n) is 7.83. The van der Waals surface area contributed by atoms with Gasteiger partial charge >= 0.3 is 11.8 Å². The van der Waals surface area contributed by atoms with Gasteiger partial charge in [0.15, 0.2) is 11.5 Å². The number of piperidine rings is 1. The standard InChI is InChI=1S/C17H24N2O4/c1-11-6-5-7-12(2)19(11)17(21)16(20)18-13-8-9-14(22-3)15(10-13)23-4/h8-12H,5-7H2,1-4H3,(H,18,20). The topological polar surface area (TPSA) is 67.9 Å². The third-order valence-corrected chi connectivity index (χ3v) is 4.26. The molecule has 2 unspecified atom stereocenters. The van der Waals surface area contributed by atoms with Crippen LogP contribution in [0.15, 0.2) is 18.2 Å². The number of nitrogens with zero attached hydrogens (tertiary/aromatic N) is 1. The van der Waals surface area contributed by atoms with Crippen LogP contribution < -0.4 is 14.8 Å². The van der Waals surface area contributed by atoms with Crippen LogP contribution in [-0.2, 0) is 9.59 Å². The Labute approximate surface area is 136 Å². The van der Waals surface area contributed by atoms with Gasteiger partial charge in [0.1, 0.15) is 0 Å². The van der Waals surface area contributed by atoms with Gasteiger partial charge in [-0.3, -0.25) is 9.59 Å². The number of methoxy groups -OCH3 is 2. The molecule has 0 saturated carbocycles. The number of anilines is 1. The lowest BCUT2D eigenvalue weighted by Gasteiger charge is -2.38. The monoisotopic (exact) mass is 320 g/mol. The molecule has 6 nitrogen and oxygen atoms in total. The van der Waals surface area contributed by atoms with Crippen molar-refractivity contribution in [3.8, 4) is 11.5 Å². The summed E-state index contributed by atoms with van der Waals surface area (Å²) in [6.07, 6.45) is 2.95. The molecule has 6 heteroatoms. The van der Waals surface area contributed by atoms with Crippen molar-refractivity contribution in [2.75, 3.05) is 19.5 Å². The van der Waals surface area contributed by atoms with Crippen molar-refractivity contribution in [2.24, 2.45) is 0 Å². The summed E-state index contributed by atoms with van der Waals surface area (Å²) in [5, 5.41) is 2.64. The Morgan fingerprint density at radius 1 is 1.09 bits per heavy atom. The predicted octanol–water partition coefficient (Wildman–Crippen LogP) is 2.43. The Balaban J connectivity index is 2.10. The first-order chi connectivity index (χ1) is 11.0. The van der Waals surface area contributed by atoms with E-state index in [1.807, 2.05) is 13.8 Å². The Bertz CT molecular complexity index is 578. The van der Waals surface area contributed by atoms with Crippen LogP contribution in [0.3, 0.4) is 0 Å². The summed E-state index contributed by atoms with van der Waals surface area (Å²) in [6.45, 7) is 3.97. The van der Waals surface area contributed by atoms with Crippen molar-refractivity contribution in [3.05, 3.63) is 18.2 Å². The van der Waals surface area contributed by atoms with Gasteiger partial charge in [-0.05, 0) is 45.2 Å². The molecule has 1 aliphatic rings. The maximum absolute atomic E-state index is 12.5. The van der Waals surface area contributed by atoms with E-state index in [4.69, 9.17) is 9.47 Å². The number of amides is 2. The molecule has 1 aliphatic heterocycles. The fourth-order valence-electron chi connectivity index (χ4n) is 3.04. The van der Waals surface area contributed by atoms with Gasteiger partial charge in [-0.15, -0.1) is 0 Å². The average Bonchev–Trinajstić information content (AvgIpc) is 2.54. The van der Waals surface area contributed by atoms with Crippen LogP contribution in [0.25, 0.3) is 0 Å². The van der Waals surface area contributed by atoms with Crippen molar-refractivity contribution in [1.82, 2.24) is 4.90 Å². The maximum atomic E-state index is 12.5. The van der Waals surface area contributed by atoms with Gasteiger partial charge in [0.05, 0.1) is 14.2 Å². The maximum Gasteiger partial charge on any atom is 0.313 e. The van der Waals surface area contributed by atoms with E-state index in [0.717, 1.165) is 19.3 Å². The molecule has 0 aromatic heterocycles. The molecular weight excluding hydrogens is 296 g/mol. The Kier molecular flexibility index (Phi) is 5.47. The normalized spacial score (nSPS) is 20.8. The molecule has 1 saturated heterocycles. The zero-order valence-corrected chi connectivity index (χ0v) is 14.1. The van der Waals surface area contributed by atoms with E-state index >= 15 is 0 Å². The number of carbonyl (C=O) groups is 2. The summed E-state index contributed by atoms with van der Waals surface area (Å²) in [4.78, 5) is 26.4. The van der Waals surface area contributed by atoms with Gasteiger partial charge < -0.3 is 19.7 Å². The third kappa shape index (κ3) is 3.75. The van der Waals surface area contributed by atoms with Crippen LogP contribution in [-0.4, -0.2) is 43.0 Å². The summed E-state index contributed by atoms with van der Waals surface area (Å²) in [5.41, 5.74) is 0.498. The molecule has 0 radical (unpaired) electrons. The van der Waals surface area contributed by atoms with Gasteiger partial charge in [-0.1, -0.05) is 0 Å². The van der Waals surface area contributed by atoms with Crippen molar-refractivity contribution < 1.29 is 19.1 Å². The second kappa shape index (κ2) is 7.35. The molecule has 2 rings (SSSR count). The number of rotatable bonds is 3. The van der Waals surface area contributed by atoms with Crippen LogP contribution in [0.5, 0.6) is 11.5 Å². The van der Waals surface area contributed by atoms with Crippen molar-refractivity contribution >= 4 is 17.5 Å². The minimum absolute atomic E-state index is 0.0856. The molecule has 2 atom stereocenters. The van der Waals surface area contributed by atoms with Crippen molar-refractivity contribution in [2.45, 2.75) is 45.2 Å². The summed E-state index contributed by atoms with van der Waals surface area (Å²) in [6, 6.07) is 5.16. The first-order valence-corrected chi connectivity index (χ1v) is 7.83. The largest absolute Gasteiger partial charge is 0.493 e. The SMILES string of the molecule is COc1ccc(NC(=O)C(=O)N2C(C)CCCC2C)cc1OC. The minimum atomic E-state index is -0.627. The Morgan fingerprint density at radius 2 is 1.70 bits per heavy atom. The number of nitrogens with one attached hydrogen (secondary N) is 1. The molecule has 23 heavy (non-hydrogen) atoms. The Hall–Kier alpha value is -2.24. The molecule has 1 N–H and O–H groups in total.